The van der Waals surface area contributed by atoms with E-state index < -0.39 is 6.09 Å². The molecule has 1 aromatic rings. The molecule has 1 aliphatic rings. The Morgan fingerprint density at radius 2 is 2.41 bits per heavy atom. The second-order valence-corrected chi connectivity index (χ2v) is 4.23. The topological polar surface area (TPSA) is 82.7 Å². The van der Waals surface area contributed by atoms with Crippen molar-refractivity contribution in [3.05, 3.63) is 18.3 Å². The van der Waals surface area contributed by atoms with Crippen LogP contribution in [-0.4, -0.2) is 47.3 Å². The number of carbonyl (C=O) groups is 1. The first kappa shape index (κ1) is 11.5. The second kappa shape index (κ2) is 4.48. The average molecular weight is 236 g/mol. The minimum atomic E-state index is -0.887. The van der Waals surface area contributed by atoms with Crippen molar-refractivity contribution >= 4 is 17.6 Å². The van der Waals surface area contributed by atoms with Crippen molar-refractivity contribution in [1.82, 2.24) is 9.88 Å². The van der Waals surface area contributed by atoms with Crippen molar-refractivity contribution in [2.45, 2.75) is 12.5 Å². The minimum Gasteiger partial charge on any atom is -0.465 e. The molecule has 1 atom stereocenters. The van der Waals surface area contributed by atoms with E-state index in [2.05, 4.69) is 9.88 Å². The predicted molar refractivity (Wildman–Crippen MR) is 65.1 cm³/mol. The van der Waals surface area contributed by atoms with E-state index in [1.165, 1.54) is 4.90 Å². The molecular weight excluding hydrogens is 220 g/mol. The molecular formula is C11H16N4O2. The number of anilines is 2. The van der Waals surface area contributed by atoms with Crippen LogP contribution in [0.3, 0.4) is 0 Å². The van der Waals surface area contributed by atoms with Crippen molar-refractivity contribution in [3.8, 4) is 0 Å². The Hall–Kier alpha value is -1.98. The Kier molecular flexibility index (Phi) is 3.03. The largest absolute Gasteiger partial charge is 0.465 e. The molecule has 1 saturated heterocycles. The number of hydrogen-bond donors (Lipinski definition) is 2. The van der Waals surface area contributed by atoms with E-state index in [1.54, 1.807) is 19.3 Å². The smallest absolute Gasteiger partial charge is 0.407 e. The first-order chi connectivity index (χ1) is 8.08. The number of amides is 1. The molecule has 1 amide bonds. The first-order valence-corrected chi connectivity index (χ1v) is 5.50. The molecule has 6 heteroatoms. The fraction of sp³-hybridized carbons (Fsp3) is 0.455. The number of aromatic nitrogens is 1. The first-order valence-electron chi connectivity index (χ1n) is 5.50. The molecule has 0 saturated carbocycles. The molecule has 1 fully saturated rings. The summed E-state index contributed by atoms with van der Waals surface area (Å²) in [4.78, 5) is 18.5. The fourth-order valence-corrected chi connectivity index (χ4v) is 2.01. The lowest BCUT2D eigenvalue weighted by Crippen LogP contribution is -2.38. The zero-order chi connectivity index (χ0) is 12.4. The number of likely N-dealkylation sites (N-methyl/N-ethyl adjacent to an activating group) is 1. The maximum Gasteiger partial charge on any atom is 0.407 e. The summed E-state index contributed by atoms with van der Waals surface area (Å²) in [6, 6.07) is 3.70. The van der Waals surface area contributed by atoms with Gasteiger partial charge >= 0.3 is 6.09 Å². The van der Waals surface area contributed by atoms with E-state index >= 15 is 0 Å². The average Bonchev–Trinajstić information content (AvgIpc) is 2.78. The van der Waals surface area contributed by atoms with E-state index in [1.807, 2.05) is 6.07 Å². The van der Waals surface area contributed by atoms with Gasteiger partial charge in [-0.2, -0.15) is 0 Å². The molecule has 0 aromatic carbocycles. The normalized spacial score (nSPS) is 19.4. The molecule has 3 N–H and O–H groups in total. The Morgan fingerprint density at radius 1 is 1.65 bits per heavy atom. The Bertz CT molecular complexity index is 406. The monoisotopic (exact) mass is 236 g/mol. The van der Waals surface area contributed by atoms with Gasteiger partial charge in [-0.05, 0) is 18.6 Å². The van der Waals surface area contributed by atoms with Crippen molar-refractivity contribution in [3.63, 3.8) is 0 Å². The molecule has 2 rings (SSSR count). The summed E-state index contributed by atoms with van der Waals surface area (Å²) in [6.07, 6.45) is 1.56. The van der Waals surface area contributed by atoms with Crippen LogP contribution < -0.4 is 10.6 Å². The summed E-state index contributed by atoms with van der Waals surface area (Å²) in [5, 5.41) is 8.91. The lowest BCUT2D eigenvalue weighted by molar-refractivity contribution is 0.142. The highest BCUT2D eigenvalue weighted by Crippen LogP contribution is 2.21. The molecule has 0 radical (unpaired) electrons. The number of nitrogen functional groups attached to an aromatic ring is 1. The Morgan fingerprint density at radius 3 is 3.00 bits per heavy atom. The van der Waals surface area contributed by atoms with Gasteiger partial charge in [-0.1, -0.05) is 0 Å². The summed E-state index contributed by atoms with van der Waals surface area (Å²) in [5.41, 5.74) is 6.21. The SMILES string of the molecule is CN(C(=O)O)[C@@H]1CCN(c2ccc(N)cn2)C1. The zero-order valence-corrected chi connectivity index (χ0v) is 9.71. The third kappa shape index (κ3) is 2.41. The number of nitrogens with zero attached hydrogens (tertiary/aromatic N) is 3. The third-order valence-electron chi connectivity index (χ3n) is 3.11. The van der Waals surface area contributed by atoms with Crippen LogP contribution >= 0.6 is 0 Å². The molecule has 17 heavy (non-hydrogen) atoms. The molecule has 0 spiro atoms. The standard InChI is InChI=1S/C11H16N4O2/c1-14(11(16)17)9-4-5-15(7-9)10-3-2-8(12)6-13-10/h2-3,6,9H,4-5,7,12H2,1H3,(H,16,17)/t9-/m1/s1. The van der Waals surface area contributed by atoms with Gasteiger partial charge in [0.1, 0.15) is 5.82 Å². The molecule has 2 heterocycles. The highest BCUT2D eigenvalue weighted by Gasteiger charge is 2.28. The van der Waals surface area contributed by atoms with Gasteiger partial charge in [0.05, 0.1) is 17.9 Å². The van der Waals surface area contributed by atoms with Gasteiger partial charge < -0.3 is 20.6 Å². The van der Waals surface area contributed by atoms with Crippen LogP contribution in [0.5, 0.6) is 0 Å². The summed E-state index contributed by atoms with van der Waals surface area (Å²) in [5.74, 6) is 0.848. The maximum absolute atomic E-state index is 10.8. The second-order valence-electron chi connectivity index (χ2n) is 4.23. The third-order valence-corrected chi connectivity index (χ3v) is 3.11. The van der Waals surface area contributed by atoms with Crippen LogP contribution in [0.15, 0.2) is 18.3 Å². The van der Waals surface area contributed by atoms with Crippen LogP contribution in [-0.2, 0) is 0 Å². The van der Waals surface area contributed by atoms with Gasteiger partial charge in [-0.3, -0.25) is 0 Å². The molecule has 1 aliphatic heterocycles. The summed E-state index contributed by atoms with van der Waals surface area (Å²) >= 11 is 0. The Labute approximate surface area is 99.7 Å². The van der Waals surface area contributed by atoms with Crippen LogP contribution in [0, 0.1) is 0 Å². The predicted octanol–water partition coefficient (Wildman–Crippen LogP) is 0.852. The zero-order valence-electron chi connectivity index (χ0n) is 9.71. The number of nitrogens with two attached hydrogens (primary N) is 1. The van der Waals surface area contributed by atoms with Crippen molar-refractivity contribution in [2.24, 2.45) is 0 Å². The molecule has 1 aromatic heterocycles. The molecule has 0 unspecified atom stereocenters. The molecule has 0 bridgehead atoms. The maximum atomic E-state index is 10.8. The van der Waals surface area contributed by atoms with Gasteiger partial charge in [0.15, 0.2) is 0 Å². The van der Waals surface area contributed by atoms with Crippen LogP contribution in [0.2, 0.25) is 0 Å². The van der Waals surface area contributed by atoms with E-state index in [4.69, 9.17) is 10.8 Å². The summed E-state index contributed by atoms with van der Waals surface area (Å²) in [7, 11) is 1.60. The van der Waals surface area contributed by atoms with E-state index in [0.717, 1.165) is 18.8 Å². The highest BCUT2D eigenvalue weighted by atomic mass is 16.4. The molecule has 0 aliphatic carbocycles. The van der Waals surface area contributed by atoms with Gasteiger partial charge in [0.2, 0.25) is 0 Å². The van der Waals surface area contributed by atoms with Gasteiger partial charge in [-0.25, -0.2) is 9.78 Å². The van der Waals surface area contributed by atoms with Crippen molar-refractivity contribution in [1.29, 1.82) is 0 Å². The number of hydrogen-bond acceptors (Lipinski definition) is 4. The number of carboxylic acid groups (broad SMARTS) is 1. The Balaban J connectivity index is 2.02. The van der Waals surface area contributed by atoms with Gasteiger partial charge in [0, 0.05) is 20.1 Å². The quantitative estimate of drug-likeness (QED) is 0.795. The van der Waals surface area contributed by atoms with Gasteiger partial charge in [0.25, 0.3) is 0 Å². The van der Waals surface area contributed by atoms with Crippen LogP contribution in [0.1, 0.15) is 6.42 Å². The van der Waals surface area contributed by atoms with E-state index in [-0.39, 0.29) is 6.04 Å². The summed E-state index contributed by atoms with van der Waals surface area (Å²) in [6.45, 7) is 1.50. The molecule has 6 nitrogen and oxygen atoms in total. The van der Waals surface area contributed by atoms with Crippen molar-refractivity contribution in [2.75, 3.05) is 30.8 Å². The van der Waals surface area contributed by atoms with E-state index in [0.29, 0.717) is 12.2 Å². The summed E-state index contributed by atoms with van der Waals surface area (Å²) < 4.78 is 0. The van der Waals surface area contributed by atoms with E-state index in [9.17, 15) is 4.79 Å². The van der Waals surface area contributed by atoms with Crippen molar-refractivity contribution < 1.29 is 9.90 Å². The minimum absolute atomic E-state index is 0.0341. The highest BCUT2D eigenvalue weighted by molar-refractivity contribution is 5.65. The number of pyridine rings is 1. The lowest BCUT2D eigenvalue weighted by atomic mass is 10.2. The van der Waals surface area contributed by atoms with Crippen LogP contribution in [0.4, 0.5) is 16.3 Å². The molecule has 92 valence electrons. The lowest BCUT2D eigenvalue weighted by Gasteiger charge is -2.22. The number of rotatable bonds is 2. The van der Waals surface area contributed by atoms with Gasteiger partial charge in [-0.15, -0.1) is 0 Å². The van der Waals surface area contributed by atoms with Crippen LogP contribution in [0.25, 0.3) is 0 Å². The fourth-order valence-electron chi connectivity index (χ4n) is 2.01.